The van der Waals surface area contributed by atoms with Crippen molar-refractivity contribution in [1.82, 2.24) is 14.6 Å². The summed E-state index contributed by atoms with van der Waals surface area (Å²) in [5.74, 6) is 0. The second-order valence-electron chi connectivity index (χ2n) is 5.85. The number of hydrogen-bond donors (Lipinski definition) is 2. The van der Waals surface area contributed by atoms with E-state index < -0.39 is 10.0 Å². The zero-order valence-corrected chi connectivity index (χ0v) is 13.9. The van der Waals surface area contributed by atoms with Gasteiger partial charge in [-0.2, -0.15) is 0 Å². The molecule has 2 N–H and O–H groups in total. The van der Waals surface area contributed by atoms with Crippen LogP contribution in [0.25, 0.3) is 0 Å². The van der Waals surface area contributed by atoms with E-state index in [0.717, 1.165) is 18.5 Å². The molecule has 1 aromatic heterocycles. The van der Waals surface area contributed by atoms with Crippen molar-refractivity contribution in [2.45, 2.75) is 56.3 Å². The zero-order chi connectivity index (χ0) is 15.6. The van der Waals surface area contributed by atoms with Crippen LogP contribution in [0.15, 0.2) is 17.2 Å². The van der Waals surface area contributed by atoms with Crippen LogP contribution in [0.2, 0.25) is 0 Å². The Morgan fingerprint density at radius 1 is 1.43 bits per heavy atom. The smallest absolute Gasteiger partial charge is 0.242 e. The molecule has 0 amide bonds. The van der Waals surface area contributed by atoms with Crippen LogP contribution in [0.1, 0.15) is 38.4 Å². The van der Waals surface area contributed by atoms with Gasteiger partial charge in [-0.05, 0) is 39.8 Å². The van der Waals surface area contributed by atoms with Gasteiger partial charge in [0.1, 0.15) is 0 Å². The van der Waals surface area contributed by atoms with Gasteiger partial charge in [0.05, 0.1) is 11.0 Å². The first-order valence-electron chi connectivity index (χ1n) is 7.28. The Labute approximate surface area is 126 Å². The number of rotatable bonds is 7. The maximum Gasteiger partial charge on any atom is 0.242 e. The molecule has 1 aromatic rings. The van der Waals surface area contributed by atoms with Crippen LogP contribution < -0.4 is 10.0 Å². The van der Waals surface area contributed by atoms with Gasteiger partial charge < -0.3 is 14.6 Å². The van der Waals surface area contributed by atoms with Crippen molar-refractivity contribution in [2.75, 3.05) is 14.2 Å². The molecule has 1 fully saturated rings. The van der Waals surface area contributed by atoms with E-state index in [0.29, 0.717) is 11.4 Å². The van der Waals surface area contributed by atoms with Crippen LogP contribution >= 0.6 is 0 Å². The molecule has 0 saturated heterocycles. The summed E-state index contributed by atoms with van der Waals surface area (Å²) < 4.78 is 34.8. The SMILES string of the molecule is CNCc1cc(S(=O)(=O)NC2CC(OC)C2)cn1C(C)C. The predicted octanol–water partition coefficient (Wildman–Crippen LogP) is 1.24. The highest BCUT2D eigenvalue weighted by Gasteiger charge is 2.33. The van der Waals surface area contributed by atoms with Crippen molar-refractivity contribution in [3.8, 4) is 0 Å². The predicted molar refractivity (Wildman–Crippen MR) is 81.7 cm³/mol. The number of sulfonamides is 1. The van der Waals surface area contributed by atoms with Gasteiger partial charge >= 0.3 is 0 Å². The third-order valence-corrected chi connectivity index (χ3v) is 5.37. The lowest BCUT2D eigenvalue weighted by molar-refractivity contribution is 0.0236. The minimum atomic E-state index is -3.46. The van der Waals surface area contributed by atoms with Crippen molar-refractivity contribution in [3.63, 3.8) is 0 Å². The molecule has 0 radical (unpaired) electrons. The normalized spacial score (nSPS) is 22.5. The monoisotopic (exact) mass is 315 g/mol. The van der Waals surface area contributed by atoms with E-state index >= 15 is 0 Å². The fraction of sp³-hybridized carbons (Fsp3) is 0.714. The molecule has 7 heteroatoms. The lowest BCUT2D eigenvalue weighted by Crippen LogP contribution is -2.47. The molecule has 1 aliphatic rings. The Morgan fingerprint density at radius 3 is 2.62 bits per heavy atom. The Hall–Kier alpha value is -0.890. The van der Waals surface area contributed by atoms with Crippen molar-refractivity contribution < 1.29 is 13.2 Å². The second-order valence-corrected chi connectivity index (χ2v) is 7.56. The molecule has 21 heavy (non-hydrogen) atoms. The molecular weight excluding hydrogens is 290 g/mol. The first-order valence-corrected chi connectivity index (χ1v) is 8.76. The van der Waals surface area contributed by atoms with E-state index in [9.17, 15) is 8.42 Å². The number of nitrogens with one attached hydrogen (secondary N) is 2. The number of hydrogen-bond acceptors (Lipinski definition) is 4. The number of aromatic nitrogens is 1. The summed E-state index contributed by atoms with van der Waals surface area (Å²) >= 11 is 0. The number of nitrogens with zero attached hydrogens (tertiary/aromatic N) is 1. The van der Waals surface area contributed by atoms with Gasteiger partial charge in [-0.3, -0.25) is 0 Å². The quantitative estimate of drug-likeness (QED) is 0.794. The highest BCUT2D eigenvalue weighted by Crippen LogP contribution is 2.25. The summed E-state index contributed by atoms with van der Waals surface area (Å²) in [5.41, 5.74) is 0.969. The van der Waals surface area contributed by atoms with Crippen LogP contribution in [-0.2, 0) is 21.3 Å². The van der Waals surface area contributed by atoms with E-state index in [-0.39, 0.29) is 18.2 Å². The molecule has 1 aliphatic carbocycles. The van der Waals surface area contributed by atoms with Gasteiger partial charge in [0.2, 0.25) is 10.0 Å². The van der Waals surface area contributed by atoms with E-state index in [1.165, 1.54) is 0 Å². The topological polar surface area (TPSA) is 72.4 Å². The standard InChI is InChI=1S/C14H25N3O3S/c1-10(2)17-9-14(7-12(17)8-15-3)21(18,19)16-11-5-13(6-11)20-4/h7,9-11,13,15-16H,5-6,8H2,1-4H3. The van der Waals surface area contributed by atoms with Gasteiger partial charge in [-0.15, -0.1) is 0 Å². The first-order chi connectivity index (χ1) is 9.87. The average molecular weight is 315 g/mol. The van der Waals surface area contributed by atoms with E-state index in [1.54, 1.807) is 19.4 Å². The summed E-state index contributed by atoms with van der Waals surface area (Å²) in [6.07, 6.45) is 3.37. The second kappa shape index (κ2) is 6.48. The number of ether oxygens (including phenoxy) is 1. The van der Waals surface area contributed by atoms with Gasteiger partial charge in [0, 0.05) is 37.6 Å². The van der Waals surface area contributed by atoms with Gasteiger partial charge in [-0.1, -0.05) is 0 Å². The fourth-order valence-corrected chi connectivity index (χ4v) is 3.90. The summed E-state index contributed by atoms with van der Waals surface area (Å²) in [4.78, 5) is 0.335. The maximum absolute atomic E-state index is 12.4. The van der Waals surface area contributed by atoms with Crippen LogP contribution in [0, 0.1) is 0 Å². The van der Waals surface area contributed by atoms with Crippen LogP contribution in [0.3, 0.4) is 0 Å². The number of methoxy groups -OCH3 is 1. The largest absolute Gasteiger partial charge is 0.381 e. The molecule has 0 spiro atoms. The van der Waals surface area contributed by atoms with Crippen molar-refractivity contribution >= 4 is 10.0 Å². The molecule has 120 valence electrons. The summed E-state index contributed by atoms with van der Waals surface area (Å²) in [6, 6.07) is 1.94. The van der Waals surface area contributed by atoms with Crippen molar-refractivity contribution in [1.29, 1.82) is 0 Å². The van der Waals surface area contributed by atoms with Crippen molar-refractivity contribution in [3.05, 3.63) is 18.0 Å². The van der Waals surface area contributed by atoms with Crippen LogP contribution in [0.5, 0.6) is 0 Å². The lowest BCUT2D eigenvalue weighted by atomic mass is 9.90. The highest BCUT2D eigenvalue weighted by molar-refractivity contribution is 7.89. The Kier molecular flexibility index (Phi) is 5.08. The molecular formula is C14H25N3O3S. The Balaban J connectivity index is 2.14. The molecule has 1 saturated carbocycles. The van der Waals surface area contributed by atoms with E-state index in [4.69, 9.17) is 4.74 Å². The van der Waals surface area contributed by atoms with Gasteiger partial charge in [-0.25, -0.2) is 13.1 Å². The molecule has 0 unspecified atom stereocenters. The summed E-state index contributed by atoms with van der Waals surface area (Å²) in [5, 5.41) is 3.07. The molecule has 2 rings (SSSR count). The highest BCUT2D eigenvalue weighted by atomic mass is 32.2. The Bertz CT molecular complexity index is 574. The fourth-order valence-electron chi connectivity index (χ4n) is 2.59. The average Bonchev–Trinajstić information content (AvgIpc) is 2.78. The van der Waals surface area contributed by atoms with Crippen LogP contribution in [-0.4, -0.2) is 39.3 Å². The molecule has 0 aromatic carbocycles. The third kappa shape index (κ3) is 3.66. The minimum absolute atomic E-state index is 0.0184. The first kappa shape index (κ1) is 16.5. The minimum Gasteiger partial charge on any atom is -0.381 e. The molecule has 1 heterocycles. The zero-order valence-electron chi connectivity index (χ0n) is 13.1. The summed E-state index contributed by atoms with van der Waals surface area (Å²) in [7, 11) is 0.0458. The summed E-state index contributed by atoms with van der Waals surface area (Å²) in [6.45, 7) is 4.72. The molecule has 0 atom stereocenters. The molecule has 6 nitrogen and oxygen atoms in total. The Morgan fingerprint density at radius 2 is 2.10 bits per heavy atom. The van der Waals surface area contributed by atoms with Crippen molar-refractivity contribution in [2.24, 2.45) is 0 Å². The van der Waals surface area contributed by atoms with E-state index in [1.807, 2.05) is 25.5 Å². The van der Waals surface area contributed by atoms with Gasteiger partial charge in [0.25, 0.3) is 0 Å². The van der Waals surface area contributed by atoms with Gasteiger partial charge in [0.15, 0.2) is 0 Å². The lowest BCUT2D eigenvalue weighted by Gasteiger charge is -2.34. The third-order valence-electron chi connectivity index (χ3n) is 3.88. The molecule has 0 aliphatic heterocycles. The van der Waals surface area contributed by atoms with Crippen LogP contribution in [0.4, 0.5) is 0 Å². The maximum atomic E-state index is 12.4. The van der Waals surface area contributed by atoms with E-state index in [2.05, 4.69) is 10.0 Å². The molecule has 0 bridgehead atoms.